The van der Waals surface area contributed by atoms with Crippen LogP contribution in [0.1, 0.15) is 27.5 Å². The smallest absolute Gasteiger partial charge is 0.255 e. The summed E-state index contributed by atoms with van der Waals surface area (Å²) in [5, 5.41) is 3.20. The summed E-state index contributed by atoms with van der Waals surface area (Å²) in [5.74, 6) is -1.14. The van der Waals surface area contributed by atoms with Crippen LogP contribution in [0.4, 0.5) is 10.1 Å². The molecule has 1 heterocycles. The van der Waals surface area contributed by atoms with Crippen LogP contribution in [-0.2, 0) is 4.79 Å². The van der Waals surface area contributed by atoms with Gasteiger partial charge in [0.2, 0.25) is 5.91 Å². The van der Waals surface area contributed by atoms with E-state index in [9.17, 15) is 14.0 Å². The van der Waals surface area contributed by atoms with E-state index in [1.54, 1.807) is 24.3 Å². The predicted octanol–water partition coefficient (Wildman–Crippen LogP) is 4.66. The Balaban J connectivity index is 1.89. The Morgan fingerprint density at radius 1 is 1.04 bits per heavy atom. The van der Waals surface area contributed by atoms with Crippen molar-refractivity contribution in [1.29, 1.82) is 0 Å². The van der Waals surface area contributed by atoms with Crippen LogP contribution in [0.5, 0.6) is 0 Å². The SMILES string of the molecule is O=C1CN(C(=O)c2cccc(Cl)c2)C(c2ccccc2)c2cc(F)ccc2N1. The minimum absolute atomic E-state index is 0.165. The van der Waals surface area contributed by atoms with Crippen molar-refractivity contribution in [2.24, 2.45) is 0 Å². The first-order valence-corrected chi connectivity index (χ1v) is 9.11. The summed E-state index contributed by atoms with van der Waals surface area (Å²) < 4.78 is 14.1. The van der Waals surface area contributed by atoms with Gasteiger partial charge in [0, 0.05) is 21.8 Å². The van der Waals surface area contributed by atoms with E-state index in [4.69, 9.17) is 11.6 Å². The topological polar surface area (TPSA) is 49.4 Å². The van der Waals surface area contributed by atoms with Gasteiger partial charge in [-0.15, -0.1) is 0 Å². The minimum atomic E-state index is -0.627. The summed E-state index contributed by atoms with van der Waals surface area (Å²) in [4.78, 5) is 27.3. The fraction of sp³-hybridized carbons (Fsp3) is 0.0909. The molecule has 1 aliphatic rings. The standard InChI is InChI=1S/C22H16ClFN2O2/c23-16-8-4-7-15(11-16)22(28)26-13-20(27)25-19-10-9-17(24)12-18(19)21(26)14-5-2-1-3-6-14/h1-12,21H,13H2,(H,25,27). The Bertz CT molecular complexity index is 1060. The zero-order valence-electron chi connectivity index (χ0n) is 14.7. The molecule has 4 nitrogen and oxygen atoms in total. The van der Waals surface area contributed by atoms with Gasteiger partial charge in [-0.1, -0.05) is 48.0 Å². The summed E-state index contributed by atoms with van der Waals surface area (Å²) >= 11 is 6.04. The van der Waals surface area contributed by atoms with Crippen LogP contribution in [0.3, 0.4) is 0 Å². The molecule has 3 aromatic carbocycles. The summed E-state index contributed by atoms with van der Waals surface area (Å²) in [6.45, 7) is -0.165. The Hall–Kier alpha value is -3.18. The van der Waals surface area contributed by atoms with Gasteiger partial charge in [0.25, 0.3) is 5.91 Å². The molecule has 4 rings (SSSR count). The van der Waals surface area contributed by atoms with Gasteiger partial charge in [0.1, 0.15) is 12.4 Å². The first-order valence-electron chi connectivity index (χ1n) is 8.74. The summed E-state index contributed by atoms with van der Waals surface area (Å²) in [6, 6.07) is 19.3. The fourth-order valence-electron chi connectivity index (χ4n) is 3.45. The average molecular weight is 395 g/mol. The van der Waals surface area contributed by atoms with Gasteiger partial charge >= 0.3 is 0 Å². The summed E-state index contributed by atoms with van der Waals surface area (Å²) in [5.41, 5.74) is 2.15. The fourth-order valence-corrected chi connectivity index (χ4v) is 3.64. The molecule has 0 saturated heterocycles. The molecule has 140 valence electrons. The second-order valence-corrected chi connectivity index (χ2v) is 6.97. The van der Waals surface area contributed by atoms with E-state index in [-0.39, 0.29) is 18.4 Å². The molecule has 0 bridgehead atoms. The van der Waals surface area contributed by atoms with E-state index in [1.165, 1.54) is 23.1 Å². The third-order valence-corrected chi connectivity index (χ3v) is 4.89. The van der Waals surface area contributed by atoms with Crippen molar-refractivity contribution in [3.63, 3.8) is 0 Å². The molecule has 0 fully saturated rings. The molecule has 0 aliphatic carbocycles. The lowest BCUT2D eigenvalue weighted by Crippen LogP contribution is -2.39. The van der Waals surface area contributed by atoms with Gasteiger partial charge in [-0.25, -0.2) is 4.39 Å². The number of nitrogens with zero attached hydrogens (tertiary/aromatic N) is 1. The summed E-state index contributed by atoms with van der Waals surface area (Å²) in [7, 11) is 0. The van der Waals surface area contributed by atoms with Crippen molar-refractivity contribution in [1.82, 2.24) is 4.90 Å². The van der Waals surface area contributed by atoms with Crippen LogP contribution < -0.4 is 5.32 Å². The molecule has 0 radical (unpaired) electrons. The first-order chi connectivity index (χ1) is 13.5. The second-order valence-electron chi connectivity index (χ2n) is 6.54. The number of fused-ring (bicyclic) bond motifs is 1. The predicted molar refractivity (Wildman–Crippen MR) is 106 cm³/mol. The lowest BCUT2D eigenvalue weighted by atomic mass is 9.95. The van der Waals surface area contributed by atoms with Gasteiger partial charge in [0.15, 0.2) is 0 Å². The van der Waals surface area contributed by atoms with Gasteiger partial charge in [-0.2, -0.15) is 0 Å². The van der Waals surface area contributed by atoms with Crippen LogP contribution in [0.25, 0.3) is 0 Å². The Morgan fingerprint density at radius 3 is 2.57 bits per heavy atom. The van der Waals surface area contributed by atoms with E-state index in [1.807, 2.05) is 30.3 Å². The van der Waals surface area contributed by atoms with Crippen LogP contribution in [-0.4, -0.2) is 23.3 Å². The normalized spacial score (nSPS) is 16.1. The average Bonchev–Trinajstić information content (AvgIpc) is 2.83. The maximum atomic E-state index is 14.1. The van der Waals surface area contributed by atoms with Crippen molar-refractivity contribution in [2.45, 2.75) is 6.04 Å². The van der Waals surface area contributed by atoms with Gasteiger partial charge < -0.3 is 10.2 Å². The van der Waals surface area contributed by atoms with Gasteiger partial charge in [-0.3, -0.25) is 9.59 Å². The van der Waals surface area contributed by atoms with Crippen LogP contribution in [0.2, 0.25) is 5.02 Å². The highest BCUT2D eigenvalue weighted by atomic mass is 35.5. The molecule has 0 aromatic heterocycles. The molecule has 2 amide bonds. The van der Waals surface area contributed by atoms with Crippen LogP contribution >= 0.6 is 11.6 Å². The molecule has 1 unspecified atom stereocenters. The van der Waals surface area contributed by atoms with E-state index in [0.717, 1.165) is 5.56 Å². The van der Waals surface area contributed by atoms with Gasteiger partial charge in [-0.05, 0) is 42.0 Å². The van der Waals surface area contributed by atoms with Crippen molar-refractivity contribution < 1.29 is 14.0 Å². The van der Waals surface area contributed by atoms with Crippen molar-refractivity contribution in [2.75, 3.05) is 11.9 Å². The highest BCUT2D eigenvalue weighted by molar-refractivity contribution is 6.31. The number of benzene rings is 3. The van der Waals surface area contributed by atoms with Crippen molar-refractivity contribution in [3.05, 3.63) is 100 Å². The maximum Gasteiger partial charge on any atom is 0.255 e. The molecule has 1 atom stereocenters. The lowest BCUT2D eigenvalue weighted by molar-refractivity contribution is -0.117. The highest BCUT2D eigenvalue weighted by Crippen LogP contribution is 2.37. The molecule has 0 saturated carbocycles. The molecule has 1 N–H and O–H groups in total. The number of anilines is 1. The van der Waals surface area contributed by atoms with E-state index in [0.29, 0.717) is 21.8 Å². The first kappa shape index (κ1) is 18.2. The number of carbonyl (C=O) groups is 2. The van der Waals surface area contributed by atoms with Crippen molar-refractivity contribution >= 4 is 29.1 Å². The molecule has 1 aliphatic heterocycles. The van der Waals surface area contributed by atoms with Crippen molar-refractivity contribution in [3.8, 4) is 0 Å². The number of amides is 2. The Kier molecular flexibility index (Phi) is 4.84. The third kappa shape index (κ3) is 3.49. The number of hydrogen-bond acceptors (Lipinski definition) is 2. The monoisotopic (exact) mass is 394 g/mol. The van der Waals surface area contributed by atoms with E-state index < -0.39 is 11.9 Å². The van der Waals surface area contributed by atoms with Crippen LogP contribution in [0, 0.1) is 5.82 Å². The minimum Gasteiger partial charge on any atom is -0.324 e. The molecular weight excluding hydrogens is 379 g/mol. The second kappa shape index (κ2) is 7.44. The molecular formula is C22H16ClFN2O2. The Labute approximate surface area is 166 Å². The number of halogens is 2. The Morgan fingerprint density at radius 2 is 1.82 bits per heavy atom. The number of rotatable bonds is 2. The zero-order chi connectivity index (χ0) is 19.7. The van der Waals surface area contributed by atoms with E-state index in [2.05, 4.69) is 5.32 Å². The molecule has 3 aromatic rings. The summed E-state index contributed by atoms with van der Waals surface area (Å²) in [6.07, 6.45) is 0. The maximum absolute atomic E-state index is 14.1. The quantitative estimate of drug-likeness (QED) is 0.687. The largest absolute Gasteiger partial charge is 0.324 e. The molecule has 0 spiro atoms. The van der Waals surface area contributed by atoms with Crippen LogP contribution in [0.15, 0.2) is 72.8 Å². The zero-order valence-corrected chi connectivity index (χ0v) is 15.5. The highest BCUT2D eigenvalue weighted by Gasteiger charge is 2.34. The van der Waals surface area contributed by atoms with E-state index >= 15 is 0 Å². The lowest BCUT2D eigenvalue weighted by Gasteiger charge is -2.30. The number of carbonyl (C=O) groups excluding carboxylic acids is 2. The third-order valence-electron chi connectivity index (χ3n) is 4.66. The molecule has 6 heteroatoms. The molecule has 28 heavy (non-hydrogen) atoms. The van der Waals surface area contributed by atoms with Gasteiger partial charge in [0.05, 0.1) is 6.04 Å². The number of nitrogens with one attached hydrogen (secondary N) is 1. The number of hydrogen-bond donors (Lipinski definition) is 1.